The minimum absolute atomic E-state index is 0.108. The number of hydrogen-bond donors (Lipinski definition) is 3. The van der Waals surface area contributed by atoms with Crippen LogP contribution in [0, 0.1) is 5.92 Å². The third-order valence-electron chi connectivity index (χ3n) is 20.3. The molecule has 0 aliphatic heterocycles. The van der Waals surface area contributed by atoms with Crippen molar-refractivity contribution in [2.24, 2.45) is 5.92 Å². The molecule has 0 saturated carbocycles. The van der Waals surface area contributed by atoms with E-state index < -0.39 is 97.5 Å². The van der Waals surface area contributed by atoms with E-state index in [1.807, 2.05) is 0 Å². The average Bonchev–Trinajstić information content (AvgIpc) is 0.910. The van der Waals surface area contributed by atoms with Crippen molar-refractivity contribution in [2.75, 3.05) is 39.6 Å². The summed E-state index contributed by atoms with van der Waals surface area (Å²) in [5.74, 6) is -1.31. The number of carbonyl (C=O) groups is 4. The molecule has 0 bridgehead atoms. The van der Waals surface area contributed by atoms with Crippen LogP contribution in [-0.2, 0) is 65.4 Å². The quantitative estimate of drug-likeness (QED) is 0.0222. The van der Waals surface area contributed by atoms with Gasteiger partial charge in [0.15, 0.2) is 12.2 Å². The van der Waals surface area contributed by atoms with Gasteiger partial charge in [0.05, 0.1) is 26.4 Å². The van der Waals surface area contributed by atoms with Gasteiger partial charge in [0.1, 0.15) is 19.3 Å². The first-order chi connectivity index (χ1) is 51.0. The van der Waals surface area contributed by atoms with Crippen molar-refractivity contribution >= 4 is 39.5 Å². The molecule has 0 fully saturated rings. The van der Waals surface area contributed by atoms with E-state index in [1.54, 1.807) is 0 Å². The van der Waals surface area contributed by atoms with Crippen molar-refractivity contribution in [3.05, 3.63) is 0 Å². The first kappa shape index (κ1) is 103. The molecular weight excluding hydrogens is 1370 g/mol. The summed E-state index contributed by atoms with van der Waals surface area (Å²) in [6.07, 6.45) is 72.2. The monoisotopic (exact) mass is 1540 g/mol. The summed E-state index contributed by atoms with van der Waals surface area (Å²) < 4.78 is 68.9. The Morgan fingerprint density at radius 3 is 0.648 bits per heavy atom. The predicted molar refractivity (Wildman–Crippen MR) is 432 cm³/mol. The number of aliphatic hydroxyl groups is 1. The highest BCUT2D eigenvalue weighted by atomic mass is 31.2. The molecule has 0 amide bonds. The van der Waals surface area contributed by atoms with Gasteiger partial charge in [-0.05, 0) is 31.6 Å². The zero-order valence-electron chi connectivity index (χ0n) is 68.9. The molecule has 624 valence electrons. The SMILES string of the molecule is CCCCCCCCCCCCCCCCCCCCCCCC(=O)O[C@H](COC(=O)CCCCCCCCCCCCCCCCCCCC)COP(=O)(O)OC[C@@H](O)COP(=O)(O)OC[C@@H](COC(=O)CCCCCCCCCCCC)OC(=O)CCCCCCCCCCCCCCCC(C)C. The van der Waals surface area contributed by atoms with Gasteiger partial charge in [-0.3, -0.25) is 37.3 Å². The Hall–Kier alpha value is -1.94. The molecule has 0 aromatic heterocycles. The molecule has 0 aromatic carbocycles. The maximum atomic E-state index is 13.1. The minimum Gasteiger partial charge on any atom is -0.462 e. The van der Waals surface area contributed by atoms with E-state index in [-0.39, 0.29) is 25.7 Å². The number of esters is 4. The van der Waals surface area contributed by atoms with Crippen LogP contribution in [0.25, 0.3) is 0 Å². The maximum absolute atomic E-state index is 13.1. The molecule has 0 saturated heterocycles. The number of aliphatic hydroxyl groups excluding tert-OH is 1. The lowest BCUT2D eigenvalue weighted by Crippen LogP contribution is -2.30. The molecule has 0 spiro atoms. The van der Waals surface area contributed by atoms with Gasteiger partial charge in [-0.25, -0.2) is 9.13 Å². The Morgan fingerprint density at radius 2 is 0.438 bits per heavy atom. The number of carbonyl (C=O) groups excluding carboxylic acids is 4. The second-order valence-corrected chi connectivity index (χ2v) is 34.3. The molecule has 0 aliphatic rings. The fraction of sp³-hybridized carbons (Fsp3) is 0.953. The molecule has 5 atom stereocenters. The van der Waals surface area contributed by atoms with E-state index in [1.165, 1.54) is 289 Å². The van der Waals surface area contributed by atoms with E-state index in [0.29, 0.717) is 25.7 Å². The topological polar surface area (TPSA) is 237 Å². The van der Waals surface area contributed by atoms with E-state index in [2.05, 4.69) is 34.6 Å². The van der Waals surface area contributed by atoms with Crippen LogP contribution >= 0.6 is 15.6 Å². The molecule has 0 aliphatic carbocycles. The summed E-state index contributed by atoms with van der Waals surface area (Å²) in [4.78, 5) is 73.2. The van der Waals surface area contributed by atoms with E-state index in [4.69, 9.17) is 37.0 Å². The molecule has 2 unspecified atom stereocenters. The number of hydrogen-bond acceptors (Lipinski definition) is 15. The Balaban J connectivity index is 5.22. The molecule has 0 radical (unpaired) electrons. The third-order valence-corrected chi connectivity index (χ3v) is 22.2. The van der Waals surface area contributed by atoms with Crippen molar-refractivity contribution in [1.29, 1.82) is 0 Å². The number of unbranched alkanes of at least 4 members (excludes halogenated alkanes) is 58. The van der Waals surface area contributed by atoms with Gasteiger partial charge in [0.25, 0.3) is 0 Å². The van der Waals surface area contributed by atoms with Crippen LogP contribution in [0.1, 0.15) is 465 Å². The number of phosphoric ester groups is 2. The molecule has 0 aromatic rings. The van der Waals surface area contributed by atoms with Crippen molar-refractivity contribution in [1.82, 2.24) is 0 Å². The molecule has 0 heterocycles. The standard InChI is InChI=1S/C86H168O17P2/c1-6-9-12-15-18-21-24-26-28-30-32-33-34-36-38-42-46-51-56-61-66-71-85(90)103-82(76-97-84(89)70-65-60-55-50-45-41-37-35-31-29-27-25-22-19-16-13-10-7-2)78-101-105(94,95)99-74-80(87)73-98-104(92,93)100-77-81(75-96-83(88)69-64-59-54-49-23-20-17-14-11-8-3)102-86(91)72-67-62-57-52-47-43-39-40-44-48-53-58-63-68-79(4)5/h79-82,87H,6-78H2,1-5H3,(H,92,93)(H,94,95)/t80-,81+,82+/m0/s1. The van der Waals surface area contributed by atoms with E-state index >= 15 is 0 Å². The lowest BCUT2D eigenvalue weighted by molar-refractivity contribution is -0.161. The zero-order valence-corrected chi connectivity index (χ0v) is 70.7. The van der Waals surface area contributed by atoms with Gasteiger partial charge in [0, 0.05) is 25.7 Å². The largest absolute Gasteiger partial charge is 0.472 e. The Morgan fingerprint density at radius 1 is 0.257 bits per heavy atom. The Bertz CT molecular complexity index is 2000. The van der Waals surface area contributed by atoms with Crippen molar-refractivity contribution in [2.45, 2.75) is 483 Å². The molecule has 0 rings (SSSR count). The van der Waals surface area contributed by atoms with Gasteiger partial charge in [-0.2, -0.15) is 0 Å². The Kier molecular flexibility index (Phi) is 77.3. The predicted octanol–water partition coefficient (Wildman–Crippen LogP) is 26.4. The number of rotatable bonds is 86. The van der Waals surface area contributed by atoms with Crippen LogP contribution in [0.15, 0.2) is 0 Å². The van der Waals surface area contributed by atoms with Crippen molar-refractivity contribution in [3.8, 4) is 0 Å². The van der Waals surface area contributed by atoms with Gasteiger partial charge in [0.2, 0.25) is 0 Å². The summed E-state index contributed by atoms with van der Waals surface area (Å²) in [7, 11) is -9.93. The van der Waals surface area contributed by atoms with Crippen LogP contribution in [0.4, 0.5) is 0 Å². The van der Waals surface area contributed by atoms with Gasteiger partial charge < -0.3 is 33.8 Å². The number of phosphoric acid groups is 2. The fourth-order valence-corrected chi connectivity index (χ4v) is 15.1. The normalized spacial score (nSPS) is 13.8. The van der Waals surface area contributed by atoms with E-state index in [0.717, 1.165) is 95.8 Å². The number of ether oxygens (including phenoxy) is 4. The summed E-state index contributed by atoms with van der Waals surface area (Å²) in [5, 5.41) is 10.7. The van der Waals surface area contributed by atoms with Crippen LogP contribution in [0.3, 0.4) is 0 Å². The summed E-state index contributed by atoms with van der Waals surface area (Å²) in [6.45, 7) is 7.37. The molecular formula is C86H168O17P2. The Labute approximate surface area is 645 Å². The highest BCUT2D eigenvalue weighted by molar-refractivity contribution is 7.47. The summed E-state index contributed by atoms with van der Waals surface area (Å²) >= 11 is 0. The van der Waals surface area contributed by atoms with Gasteiger partial charge in [-0.15, -0.1) is 0 Å². The lowest BCUT2D eigenvalue weighted by atomic mass is 10.0. The van der Waals surface area contributed by atoms with Crippen molar-refractivity contribution < 1.29 is 80.2 Å². The first-order valence-electron chi connectivity index (χ1n) is 44.6. The summed E-state index contributed by atoms with van der Waals surface area (Å²) in [6, 6.07) is 0. The minimum atomic E-state index is -4.96. The second-order valence-electron chi connectivity index (χ2n) is 31.4. The zero-order chi connectivity index (χ0) is 76.9. The van der Waals surface area contributed by atoms with Crippen LogP contribution in [0.2, 0.25) is 0 Å². The van der Waals surface area contributed by atoms with Gasteiger partial charge in [-0.1, -0.05) is 413 Å². The van der Waals surface area contributed by atoms with E-state index in [9.17, 15) is 43.2 Å². The molecule has 3 N–H and O–H groups in total. The fourth-order valence-electron chi connectivity index (χ4n) is 13.5. The highest BCUT2D eigenvalue weighted by Gasteiger charge is 2.30. The maximum Gasteiger partial charge on any atom is 0.472 e. The van der Waals surface area contributed by atoms with Gasteiger partial charge >= 0.3 is 39.5 Å². The highest BCUT2D eigenvalue weighted by Crippen LogP contribution is 2.45. The molecule has 17 nitrogen and oxygen atoms in total. The van der Waals surface area contributed by atoms with Crippen molar-refractivity contribution in [3.63, 3.8) is 0 Å². The van der Waals surface area contributed by atoms with Crippen LogP contribution < -0.4 is 0 Å². The second kappa shape index (κ2) is 78.7. The smallest absolute Gasteiger partial charge is 0.462 e. The average molecular weight is 1540 g/mol. The first-order valence-corrected chi connectivity index (χ1v) is 47.6. The lowest BCUT2D eigenvalue weighted by Gasteiger charge is -2.21. The van der Waals surface area contributed by atoms with Crippen LogP contribution in [-0.4, -0.2) is 96.7 Å². The van der Waals surface area contributed by atoms with Crippen LogP contribution in [0.5, 0.6) is 0 Å². The molecule has 105 heavy (non-hydrogen) atoms. The summed E-state index contributed by atoms with van der Waals surface area (Å²) in [5.41, 5.74) is 0. The third kappa shape index (κ3) is 79.9. The molecule has 19 heteroatoms.